The Kier molecular flexibility index (Phi) is 6.18. The first-order valence-electron chi connectivity index (χ1n) is 10.6. The van der Waals surface area contributed by atoms with E-state index in [2.05, 4.69) is 10.2 Å². The third-order valence-electron chi connectivity index (χ3n) is 6.48. The predicted molar refractivity (Wildman–Crippen MR) is 110 cm³/mol. The van der Waals surface area contributed by atoms with Crippen LogP contribution in [0.5, 0.6) is 0 Å². The van der Waals surface area contributed by atoms with Crippen LogP contribution in [0.3, 0.4) is 0 Å². The van der Waals surface area contributed by atoms with Gasteiger partial charge >= 0.3 is 0 Å². The minimum Gasteiger partial charge on any atom is -0.394 e. The van der Waals surface area contributed by atoms with Gasteiger partial charge in [0.25, 0.3) is 0 Å². The van der Waals surface area contributed by atoms with Crippen LogP contribution in [-0.2, 0) is 22.0 Å². The topological polar surface area (TPSA) is 87.6 Å². The van der Waals surface area contributed by atoms with Gasteiger partial charge in [-0.05, 0) is 38.0 Å². The average Bonchev–Trinajstić information content (AvgIpc) is 3.34. The van der Waals surface area contributed by atoms with Crippen molar-refractivity contribution >= 4 is 22.6 Å². The number of aryl methyl sites for hydroxylation is 1. The second kappa shape index (κ2) is 8.63. The van der Waals surface area contributed by atoms with E-state index < -0.39 is 10.8 Å². The van der Waals surface area contributed by atoms with Crippen LogP contribution in [0, 0.1) is 5.92 Å². The van der Waals surface area contributed by atoms with Crippen LogP contribution in [0.25, 0.3) is 0 Å². The molecule has 7 nitrogen and oxygen atoms in total. The lowest BCUT2D eigenvalue weighted by atomic mass is 9.96. The van der Waals surface area contributed by atoms with Gasteiger partial charge in [-0.15, -0.1) is 0 Å². The maximum atomic E-state index is 12.6. The SMILES string of the molecule is CN(CCC1CCOCC1)c1nc2c(c(NC3(CO)CCCC3)n1)[S@](=O)CC2. The third kappa shape index (κ3) is 4.19. The molecular formula is C20H32N4O3S. The van der Waals surface area contributed by atoms with E-state index in [-0.39, 0.29) is 12.1 Å². The van der Waals surface area contributed by atoms with E-state index >= 15 is 0 Å². The molecule has 1 saturated carbocycles. The standard InChI is InChI=1S/C20H32N4O3S/c1-24(10-4-15-5-11-27-12-6-15)19-21-16-7-13-28(26)17(16)18(22-19)23-20(14-25)8-2-3-9-20/h15,25H,2-14H2,1H3,(H,21,22,23)/t28-/m1/s1. The summed E-state index contributed by atoms with van der Waals surface area (Å²) in [7, 11) is 0.976. The van der Waals surface area contributed by atoms with Crippen molar-refractivity contribution in [3.05, 3.63) is 5.69 Å². The van der Waals surface area contributed by atoms with Crippen LogP contribution in [-0.4, -0.2) is 64.0 Å². The Morgan fingerprint density at radius 1 is 1.29 bits per heavy atom. The Morgan fingerprint density at radius 2 is 2.04 bits per heavy atom. The first-order valence-corrected chi connectivity index (χ1v) is 11.9. The van der Waals surface area contributed by atoms with Gasteiger partial charge in [-0.25, -0.2) is 4.98 Å². The number of rotatable bonds is 7. The molecule has 28 heavy (non-hydrogen) atoms. The van der Waals surface area contributed by atoms with Gasteiger partial charge in [-0.2, -0.15) is 4.98 Å². The molecule has 1 aliphatic carbocycles. The fourth-order valence-corrected chi connectivity index (χ4v) is 5.88. The molecule has 0 bridgehead atoms. The Balaban J connectivity index is 1.54. The summed E-state index contributed by atoms with van der Waals surface area (Å²) in [6.07, 6.45) is 8.13. The summed E-state index contributed by atoms with van der Waals surface area (Å²) in [5.74, 6) is 2.68. The second-order valence-corrected chi connectivity index (χ2v) is 9.99. The lowest BCUT2D eigenvalue weighted by molar-refractivity contribution is 0.0645. The van der Waals surface area contributed by atoms with Crippen LogP contribution in [0.4, 0.5) is 11.8 Å². The maximum absolute atomic E-state index is 12.6. The van der Waals surface area contributed by atoms with Gasteiger partial charge < -0.3 is 20.1 Å². The van der Waals surface area contributed by atoms with Crippen molar-refractivity contribution in [2.75, 3.05) is 49.4 Å². The molecule has 1 aromatic heterocycles. The molecule has 3 aliphatic rings. The summed E-state index contributed by atoms with van der Waals surface area (Å²) >= 11 is 0. The van der Waals surface area contributed by atoms with Crippen LogP contribution in [0.2, 0.25) is 0 Å². The highest BCUT2D eigenvalue weighted by molar-refractivity contribution is 7.85. The predicted octanol–water partition coefficient (Wildman–Crippen LogP) is 2.11. The second-order valence-electron chi connectivity index (χ2n) is 8.48. The minimum atomic E-state index is -1.06. The molecule has 156 valence electrons. The number of anilines is 2. The Labute approximate surface area is 169 Å². The van der Waals surface area contributed by atoms with E-state index in [9.17, 15) is 9.32 Å². The Morgan fingerprint density at radius 3 is 2.75 bits per heavy atom. The molecule has 0 spiro atoms. The zero-order valence-electron chi connectivity index (χ0n) is 16.8. The van der Waals surface area contributed by atoms with Crippen molar-refractivity contribution in [3.8, 4) is 0 Å². The van der Waals surface area contributed by atoms with E-state index in [1.165, 1.54) is 0 Å². The lowest BCUT2D eigenvalue weighted by Gasteiger charge is -2.30. The zero-order valence-corrected chi connectivity index (χ0v) is 17.6. The van der Waals surface area contributed by atoms with Crippen LogP contribution in [0.1, 0.15) is 50.6 Å². The molecular weight excluding hydrogens is 376 g/mol. The number of aromatic nitrogens is 2. The average molecular weight is 409 g/mol. The smallest absolute Gasteiger partial charge is 0.227 e. The Bertz CT molecular complexity index is 718. The van der Waals surface area contributed by atoms with Crippen molar-refractivity contribution in [1.82, 2.24) is 9.97 Å². The van der Waals surface area contributed by atoms with Gasteiger partial charge in [0.2, 0.25) is 5.95 Å². The van der Waals surface area contributed by atoms with Gasteiger partial charge in [-0.1, -0.05) is 12.8 Å². The van der Waals surface area contributed by atoms with Crippen molar-refractivity contribution in [2.24, 2.45) is 5.92 Å². The molecule has 8 heteroatoms. The zero-order chi connectivity index (χ0) is 19.6. The van der Waals surface area contributed by atoms with E-state index in [0.29, 0.717) is 23.4 Å². The summed E-state index contributed by atoms with van der Waals surface area (Å²) in [4.78, 5) is 12.4. The minimum absolute atomic E-state index is 0.0767. The highest BCUT2D eigenvalue weighted by Gasteiger charge is 2.36. The third-order valence-corrected chi connectivity index (χ3v) is 7.94. The highest BCUT2D eigenvalue weighted by Crippen LogP contribution is 2.36. The fourth-order valence-electron chi connectivity index (χ4n) is 4.58. The Hall–Kier alpha value is -1.25. The van der Waals surface area contributed by atoms with Crippen LogP contribution >= 0.6 is 0 Å². The monoisotopic (exact) mass is 408 g/mol. The normalized spacial score (nSPS) is 24.3. The number of aliphatic hydroxyl groups is 1. The van der Waals surface area contributed by atoms with E-state index in [1.54, 1.807) is 0 Å². The van der Waals surface area contributed by atoms with Gasteiger partial charge in [0.1, 0.15) is 10.7 Å². The molecule has 1 atom stereocenters. The van der Waals surface area contributed by atoms with Crippen molar-refractivity contribution in [1.29, 1.82) is 0 Å². The molecule has 0 aromatic carbocycles. The molecule has 0 radical (unpaired) electrons. The molecule has 1 saturated heterocycles. The molecule has 0 amide bonds. The molecule has 2 fully saturated rings. The van der Waals surface area contributed by atoms with E-state index in [4.69, 9.17) is 14.7 Å². The quantitative estimate of drug-likeness (QED) is 0.714. The van der Waals surface area contributed by atoms with E-state index in [1.807, 2.05) is 7.05 Å². The van der Waals surface area contributed by atoms with Gasteiger partial charge in [-0.3, -0.25) is 4.21 Å². The van der Waals surface area contributed by atoms with Crippen molar-refractivity contribution < 1.29 is 14.1 Å². The summed E-state index contributed by atoms with van der Waals surface area (Å²) in [5, 5.41) is 13.5. The summed E-state index contributed by atoms with van der Waals surface area (Å²) in [5.41, 5.74) is 0.558. The molecule has 4 rings (SSSR count). The summed E-state index contributed by atoms with van der Waals surface area (Å²) in [6.45, 7) is 2.71. The number of aliphatic hydroxyl groups excluding tert-OH is 1. The maximum Gasteiger partial charge on any atom is 0.227 e. The number of fused-ring (bicyclic) bond motifs is 1. The highest BCUT2D eigenvalue weighted by atomic mass is 32.2. The molecule has 2 N–H and O–H groups in total. The summed E-state index contributed by atoms with van der Waals surface area (Å²) < 4.78 is 18.0. The molecule has 2 aliphatic heterocycles. The van der Waals surface area contributed by atoms with Crippen molar-refractivity contribution in [2.45, 2.75) is 61.8 Å². The van der Waals surface area contributed by atoms with E-state index in [0.717, 1.165) is 81.7 Å². The van der Waals surface area contributed by atoms with Crippen molar-refractivity contribution in [3.63, 3.8) is 0 Å². The fraction of sp³-hybridized carbons (Fsp3) is 0.800. The van der Waals surface area contributed by atoms with Gasteiger partial charge in [0.15, 0.2) is 0 Å². The lowest BCUT2D eigenvalue weighted by Crippen LogP contribution is -2.40. The number of nitrogens with zero attached hydrogens (tertiary/aromatic N) is 3. The number of hydrogen-bond donors (Lipinski definition) is 2. The van der Waals surface area contributed by atoms with Crippen LogP contribution < -0.4 is 10.2 Å². The number of nitrogens with one attached hydrogen (secondary N) is 1. The molecule has 3 heterocycles. The van der Waals surface area contributed by atoms with Crippen LogP contribution in [0.15, 0.2) is 4.90 Å². The molecule has 1 aromatic rings. The first kappa shape index (κ1) is 20.0. The largest absolute Gasteiger partial charge is 0.394 e. The summed E-state index contributed by atoms with van der Waals surface area (Å²) in [6, 6.07) is 0. The molecule has 0 unspecified atom stereocenters. The van der Waals surface area contributed by atoms with Gasteiger partial charge in [0, 0.05) is 39.0 Å². The number of ether oxygens (including phenoxy) is 1. The number of hydrogen-bond acceptors (Lipinski definition) is 7. The first-order chi connectivity index (χ1) is 13.6. The van der Waals surface area contributed by atoms with Gasteiger partial charge in [0.05, 0.1) is 28.6 Å².